The highest BCUT2D eigenvalue weighted by molar-refractivity contribution is 6.10. The van der Waals surface area contributed by atoms with Crippen LogP contribution in [-0.4, -0.2) is 9.97 Å². The molecule has 2 aliphatic rings. The molecule has 0 spiro atoms. The van der Waals surface area contributed by atoms with Crippen LogP contribution >= 0.6 is 0 Å². The molecule has 0 unspecified atom stereocenters. The van der Waals surface area contributed by atoms with Gasteiger partial charge in [-0.25, -0.2) is 0 Å². The van der Waals surface area contributed by atoms with Crippen LogP contribution in [0.3, 0.4) is 0 Å². The fraction of sp³-hybridized carbons (Fsp3) is 0.0233. The van der Waals surface area contributed by atoms with E-state index in [9.17, 15) is 0 Å². The van der Waals surface area contributed by atoms with Crippen LogP contribution < -0.4 is 9.47 Å². The molecule has 6 aromatic carbocycles. The topological polar surface area (TPSA) is 44.2 Å². The lowest BCUT2D eigenvalue weighted by Crippen LogP contribution is -2.28. The molecule has 8 aromatic rings. The number of para-hydroxylation sites is 2. The summed E-state index contributed by atoms with van der Waals surface area (Å²) >= 11 is 0. The van der Waals surface area contributed by atoms with E-state index in [1.807, 2.05) is 48.8 Å². The second kappa shape index (κ2) is 9.87. The Kier molecular flexibility index (Phi) is 5.46. The standard InChI is InChI=1S/C43H26N2O2/c1-3-12-29(13-4-1)43(30-14-5-2-6-15-30)34-21-22-38-42(47-37-18-8-7-17-36(37)46-38)39(34)32-20-19-27(26-35(32)43)33-25-28-11-9-23-44-40(28)41-31(33)16-10-24-45-41/h1-26H. The molecule has 0 N–H and O–H groups in total. The molecule has 0 saturated heterocycles. The van der Waals surface area contributed by atoms with Crippen LogP contribution in [0, 0.1) is 0 Å². The fourth-order valence-corrected chi connectivity index (χ4v) is 7.74. The maximum absolute atomic E-state index is 6.72. The molecular formula is C43H26N2O2. The SMILES string of the molecule is c1ccc(C2(c3ccccc3)c3cc(-c4cc5cccnc5c5ncccc45)ccc3-c3c2ccc2c3Oc3ccccc3O2)cc1. The number of benzene rings is 6. The first-order valence-electron chi connectivity index (χ1n) is 15.8. The van der Waals surface area contributed by atoms with Crippen molar-refractivity contribution in [2.75, 3.05) is 0 Å². The first-order chi connectivity index (χ1) is 23.3. The Balaban J connectivity index is 1.31. The molecule has 0 saturated carbocycles. The summed E-state index contributed by atoms with van der Waals surface area (Å²) in [5.41, 5.74) is 10.4. The average Bonchev–Trinajstić information content (AvgIpc) is 3.45. The van der Waals surface area contributed by atoms with E-state index in [0.717, 1.165) is 61.1 Å². The summed E-state index contributed by atoms with van der Waals surface area (Å²) in [5, 5.41) is 2.14. The Morgan fingerprint density at radius 1 is 0.468 bits per heavy atom. The average molecular weight is 603 g/mol. The summed E-state index contributed by atoms with van der Waals surface area (Å²) in [7, 11) is 0. The molecule has 1 aliphatic carbocycles. The van der Waals surface area contributed by atoms with Gasteiger partial charge in [0.25, 0.3) is 0 Å². The quantitative estimate of drug-likeness (QED) is 0.189. The largest absolute Gasteiger partial charge is 0.449 e. The minimum absolute atomic E-state index is 0.606. The molecule has 0 atom stereocenters. The van der Waals surface area contributed by atoms with Crippen molar-refractivity contribution < 1.29 is 9.47 Å². The molecule has 220 valence electrons. The van der Waals surface area contributed by atoms with Gasteiger partial charge in [0.15, 0.2) is 23.0 Å². The fourth-order valence-electron chi connectivity index (χ4n) is 7.74. The Labute approximate surface area is 271 Å². The Morgan fingerprint density at radius 2 is 1.15 bits per heavy atom. The summed E-state index contributed by atoms with van der Waals surface area (Å²) in [5.74, 6) is 2.90. The molecule has 47 heavy (non-hydrogen) atoms. The highest BCUT2D eigenvalue weighted by atomic mass is 16.6. The zero-order valence-corrected chi connectivity index (χ0v) is 25.2. The zero-order valence-electron chi connectivity index (χ0n) is 25.2. The van der Waals surface area contributed by atoms with E-state index >= 15 is 0 Å². The first kappa shape index (κ1) is 26.0. The van der Waals surface area contributed by atoms with Crippen molar-refractivity contribution in [1.82, 2.24) is 9.97 Å². The van der Waals surface area contributed by atoms with Crippen LogP contribution in [0.25, 0.3) is 44.1 Å². The maximum atomic E-state index is 6.72. The normalized spacial score (nSPS) is 13.6. The van der Waals surface area contributed by atoms with Crippen molar-refractivity contribution in [2.24, 2.45) is 0 Å². The molecule has 0 amide bonds. The molecule has 4 nitrogen and oxygen atoms in total. The molecule has 2 aromatic heterocycles. The second-order valence-electron chi connectivity index (χ2n) is 12.1. The van der Waals surface area contributed by atoms with E-state index in [1.54, 1.807) is 0 Å². The Bertz CT molecular complexity index is 2490. The number of hydrogen-bond donors (Lipinski definition) is 0. The minimum atomic E-state index is -0.606. The number of ether oxygens (including phenoxy) is 2. The lowest BCUT2D eigenvalue weighted by Gasteiger charge is -2.34. The highest BCUT2D eigenvalue weighted by Crippen LogP contribution is 2.62. The third kappa shape index (κ3) is 3.64. The number of nitrogens with zero attached hydrogens (tertiary/aromatic N) is 2. The number of aromatic nitrogens is 2. The number of pyridine rings is 2. The smallest absolute Gasteiger partial charge is 0.178 e. The van der Waals surface area contributed by atoms with Crippen LogP contribution in [-0.2, 0) is 5.41 Å². The predicted octanol–water partition coefficient (Wildman–Crippen LogP) is 10.7. The predicted molar refractivity (Wildman–Crippen MR) is 186 cm³/mol. The van der Waals surface area contributed by atoms with E-state index in [4.69, 9.17) is 19.4 Å². The van der Waals surface area contributed by atoms with Crippen LogP contribution in [0.1, 0.15) is 22.3 Å². The van der Waals surface area contributed by atoms with Crippen LogP contribution in [0.2, 0.25) is 0 Å². The number of hydrogen-bond acceptors (Lipinski definition) is 4. The lowest BCUT2D eigenvalue weighted by molar-refractivity contribution is 0.360. The van der Waals surface area contributed by atoms with E-state index < -0.39 is 5.41 Å². The van der Waals surface area contributed by atoms with Crippen LogP contribution in [0.15, 0.2) is 158 Å². The molecule has 0 fully saturated rings. The van der Waals surface area contributed by atoms with Gasteiger partial charge in [0.1, 0.15) is 0 Å². The summed E-state index contributed by atoms with van der Waals surface area (Å²) in [4.78, 5) is 9.50. The summed E-state index contributed by atoms with van der Waals surface area (Å²) in [6, 6.07) is 51.2. The van der Waals surface area contributed by atoms with Crippen molar-refractivity contribution in [1.29, 1.82) is 0 Å². The molecule has 10 rings (SSSR count). The molecule has 0 radical (unpaired) electrons. The van der Waals surface area contributed by atoms with Crippen molar-refractivity contribution in [3.63, 3.8) is 0 Å². The van der Waals surface area contributed by atoms with Gasteiger partial charge in [0.2, 0.25) is 0 Å². The summed E-state index contributed by atoms with van der Waals surface area (Å²) < 4.78 is 13.2. The number of rotatable bonds is 3. The zero-order chi connectivity index (χ0) is 31.0. The summed E-state index contributed by atoms with van der Waals surface area (Å²) in [6.45, 7) is 0. The van der Waals surface area contributed by atoms with Crippen LogP contribution in [0.5, 0.6) is 23.0 Å². The van der Waals surface area contributed by atoms with Gasteiger partial charge in [-0.05, 0) is 81.4 Å². The van der Waals surface area contributed by atoms with Crippen molar-refractivity contribution >= 4 is 21.8 Å². The second-order valence-corrected chi connectivity index (χ2v) is 12.1. The lowest BCUT2D eigenvalue weighted by atomic mass is 9.67. The van der Waals surface area contributed by atoms with E-state index in [-0.39, 0.29) is 0 Å². The third-order valence-electron chi connectivity index (χ3n) is 9.69. The van der Waals surface area contributed by atoms with Gasteiger partial charge in [0.05, 0.1) is 16.4 Å². The maximum Gasteiger partial charge on any atom is 0.178 e. The van der Waals surface area contributed by atoms with Crippen molar-refractivity contribution in [3.05, 3.63) is 180 Å². The van der Waals surface area contributed by atoms with Gasteiger partial charge in [-0.15, -0.1) is 0 Å². The van der Waals surface area contributed by atoms with E-state index in [0.29, 0.717) is 11.5 Å². The first-order valence-corrected chi connectivity index (χ1v) is 15.8. The molecular weight excluding hydrogens is 576 g/mol. The molecule has 1 aliphatic heterocycles. The van der Waals surface area contributed by atoms with Gasteiger partial charge in [0, 0.05) is 28.7 Å². The Morgan fingerprint density at radius 3 is 1.91 bits per heavy atom. The van der Waals surface area contributed by atoms with Gasteiger partial charge in [-0.1, -0.05) is 103 Å². The van der Waals surface area contributed by atoms with Gasteiger partial charge < -0.3 is 9.47 Å². The van der Waals surface area contributed by atoms with E-state index in [2.05, 4.69) is 109 Å². The Hall–Kier alpha value is -6.26. The van der Waals surface area contributed by atoms with Gasteiger partial charge in [-0.2, -0.15) is 0 Å². The molecule has 4 heteroatoms. The molecule has 0 bridgehead atoms. The van der Waals surface area contributed by atoms with Crippen LogP contribution in [0.4, 0.5) is 0 Å². The highest BCUT2D eigenvalue weighted by Gasteiger charge is 2.48. The number of fused-ring (bicyclic) bond motifs is 9. The summed E-state index contributed by atoms with van der Waals surface area (Å²) in [6.07, 6.45) is 3.68. The van der Waals surface area contributed by atoms with Crippen molar-refractivity contribution in [3.8, 4) is 45.3 Å². The van der Waals surface area contributed by atoms with Gasteiger partial charge in [-0.3, -0.25) is 9.97 Å². The molecule has 3 heterocycles. The van der Waals surface area contributed by atoms with Gasteiger partial charge >= 0.3 is 0 Å². The third-order valence-corrected chi connectivity index (χ3v) is 9.69. The monoisotopic (exact) mass is 602 g/mol. The van der Waals surface area contributed by atoms with E-state index in [1.165, 1.54) is 16.7 Å². The minimum Gasteiger partial charge on any atom is -0.449 e. The van der Waals surface area contributed by atoms with Crippen molar-refractivity contribution in [2.45, 2.75) is 5.41 Å².